The molecule has 1 spiro atoms. The summed E-state index contributed by atoms with van der Waals surface area (Å²) in [6.07, 6.45) is 9.32. The van der Waals surface area contributed by atoms with Crippen molar-refractivity contribution < 1.29 is 14.3 Å². The molecule has 6 heteroatoms. The fraction of sp³-hybridized carbons (Fsp3) is 0.905. The summed E-state index contributed by atoms with van der Waals surface area (Å²) < 4.78 is 5.16. The minimum absolute atomic E-state index is 0.140. The van der Waals surface area contributed by atoms with Gasteiger partial charge in [-0.25, -0.2) is 4.79 Å². The number of nitrogens with zero attached hydrogens (tertiary/aromatic N) is 3. The first kappa shape index (κ1) is 19.0. The molecule has 2 heterocycles. The van der Waals surface area contributed by atoms with Gasteiger partial charge in [0.2, 0.25) is 5.91 Å². The number of hydrogen-bond acceptors (Lipinski definition) is 4. The summed E-state index contributed by atoms with van der Waals surface area (Å²) in [7, 11) is 0. The standard InChI is InChI=1S/C21H35N3O3/c1-3-27-20(26)23-12-9-21(15-23)13-19(14-21)22-10-7-18(8-11-22)24(16(2)25)17-5-4-6-17/h17-19H,3-15H2,1-2H3. The fourth-order valence-corrected chi connectivity index (χ4v) is 5.84. The molecule has 0 unspecified atom stereocenters. The summed E-state index contributed by atoms with van der Waals surface area (Å²) in [6, 6.07) is 1.63. The highest BCUT2D eigenvalue weighted by Crippen LogP contribution is 2.50. The maximum atomic E-state index is 12.1. The van der Waals surface area contributed by atoms with Gasteiger partial charge in [-0.1, -0.05) is 0 Å². The van der Waals surface area contributed by atoms with E-state index in [9.17, 15) is 9.59 Å². The van der Waals surface area contributed by atoms with Gasteiger partial charge in [0.1, 0.15) is 0 Å². The number of carbonyl (C=O) groups excluding carboxylic acids is 2. The normalized spacial score (nSPS) is 32.2. The van der Waals surface area contributed by atoms with Crippen molar-refractivity contribution in [1.29, 1.82) is 0 Å². The number of carbonyl (C=O) groups is 2. The largest absolute Gasteiger partial charge is 0.450 e. The Morgan fingerprint density at radius 1 is 1.07 bits per heavy atom. The molecule has 152 valence electrons. The molecule has 4 rings (SSSR count). The van der Waals surface area contributed by atoms with Crippen LogP contribution in [-0.2, 0) is 9.53 Å². The average Bonchev–Trinajstić information content (AvgIpc) is 3.03. The van der Waals surface area contributed by atoms with Gasteiger partial charge in [-0.3, -0.25) is 4.79 Å². The number of ether oxygens (including phenoxy) is 1. The highest BCUT2D eigenvalue weighted by molar-refractivity contribution is 5.74. The molecule has 0 aromatic carbocycles. The molecule has 0 aromatic rings. The number of likely N-dealkylation sites (tertiary alicyclic amines) is 2. The molecule has 4 aliphatic rings. The first-order chi connectivity index (χ1) is 13.0. The van der Waals surface area contributed by atoms with E-state index in [0.29, 0.717) is 30.1 Å². The lowest BCUT2D eigenvalue weighted by atomic mass is 9.64. The van der Waals surface area contributed by atoms with Gasteiger partial charge >= 0.3 is 6.09 Å². The number of hydrogen-bond donors (Lipinski definition) is 0. The van der Waals surface area contributed by atoms with Gasteiger partial charge in [0.05, 0.1) is 6.61 Å². The Kier molecular flexibility index (Phi) is 5.36. The van der Waals surface area contributed by atoms with E-state index in [4.69, 9.17) is 4.74 Å². The van der Waals surface area contributed by atoms with Crippen LogP contribution in [-0.4, -0.2) is 77.6 Å². The number of amides is 2. The lowest BCUT2D eigenvalue weighted by Gasteiger charge is -2.53. The Hall–Kier alpha value is -1.30. The van der Waals surface area contributed by atoms with Crippen LogP contribution in [0.4, 0.5) is 4.79 Å². The molecular weight excluding hydrogens is 342 g/mol. The Bertz CT molecular complexity index is 563. The van der Waals surface area contributed by atoms with E-state index in [0.717, 1.165) is 45.4 Å². The number of piperidine rings is 1. The van der Waals surface area contributed by atoms with Crippen LogP contribution in [0.3, 0.4) is 0 Å². The quantitative estimate of drug-likeness (QED) is 0.756. The molecule has 0 radical (unpaired) electrons. The maximum absolute atomic E-state index is 12.1. The third-order valence-electron chi connectivity index (χ3n) is 7.54. The topological polar surface area (TPSA) is 53.1 Å². The zero-order valence-electron chi connectivity index (χ0n) is 17.0. The second kappa shape index (κ2) is 7.61. The van der Waals surface area contributed by atoms with E-state index in [1.165, 1.54) is 32.1 Å². The van der Waals surface area contributed by atoms with E-state index >= 15 is 0 Å². The molecule has 0 aromatic heterocycles. The van der Waals surface area contributed by atoms with Crippen molar-refractivity contribution in [2.24, 2.45) is 5.41 Å². The zero-order chi connectivity index (χ0) is 19.0. The van der Waals surface area contributed by atoms with Crippen molar-refractivity contribution in [3.63, 3.8) is 0 Å². The highest BCUT2D eigenvalue weighted by Gasteiger charge is 2.51. The predicted octanol–water partition coefficient (Wildman–Crippen LogP) is 2.86. The molecule has 6 nitrogen and oxygen atoms in total. The van der Waals surface area contributed by atoms with E-state index < -0.39 is 0 Å². The summed E-state index contributed by atoms with van der Waals surface area (Å²) >= 11 is 0. The van der Waals surface area contributed by atoms with Gasteiger partial charge in [-0.2, -0.15) is 0 Å². The Morgan fingerprint density at radius 3 is 2.30 bits per heavy atom. The molecule has 0 atom stereocenters. The smallest absolute Gasteiger partial charge is 0.409 e. The minimum atomic E-state index is -0.140. The van der Waals surface area contributed by atoms with Gasteiger partial charge in [0, 0.05) is 51.2 Å². The predicted molar refractivity (Wildman–Crippen MR) is 103 cm³/mol. The molecule has 27 heavy (non-hydrogen) atoms. The van der Waals surface area contributed by atoms with Gasteiger partial charge in [0.15, 0.2) is 0 Å². The third kappa shape index (κ3) is 3.69. The van der Waals surface area contributed by atoms with E-state index in [2.05, 4.69) is 9.80 Å². The molecule has 2 aliphatic carbocycles. The van der Waals surface area contributed by atoms with Crippen LogP contribution in [0, 0.1) is 5.41 Å². The first-order valence-corrected chi connectivity index (χ1v) is 11.0. The SMILES string of the molecule is CCOC(=O)N1CCC2(CC(N3CCC(N(C(C)=O)C4CCC4)CC3)C2)C1. The van der Waals surface area contributed by atoms with E-state index in [1.807, 2.05) is 11.8 Å². The summed E-state index contributed by atoms with van der Waals surface area (Å²) in [6.45, 7) is 8.02. The minimum Gasteiger partial charge on any atom is -0.450 e. The zero-order valence-corrected chi connectivity index (χ0v) is 17.0. The monoisotopic (exact) mass is 377 g/mol. The lowest BCUT2D eigenvalue weighted by molar-refractivity contribution is -0.137. The maximum Gasteiger partial charge on any atom is 0.409 e. The second-order valence-corrected chi connectivity index (χ2v) is 9.21. The summed E-state index contributed by atoms with van der Waals surface area (Å²) in [4.78, 5) is 30.8. The summed E-state index contributed by atoms with van der Waals surface area (Å²) in [5, 5.41) is 0. The van der Waals surface area contributed by atoms with Crippen LogP contribution in [0.2, 0.25) is 0 Å². The molecule has 4 fully saturated rings. The van der Waals surface area contributed by atoms with Crippen molar-refractivity contribution in [3.8, 4) is 0 Å². The molecule has 2 saturated heterocycles. The van der Waals surface area contributed by atoms with Crippen LogP contribution in [0.5, 0.6) is 0 Å². The average molecular weight is 378 g/mol. The summed E-state index contributed by atoms with van der Waals surface area (Å²) in [5.74, 6) is 0.269. The van der Waals surface area contributed by atoms with Crippen molar-refractivity contribution in [2.75, 3.05) is 32.8 Å². The molecule has 2 amide bonds. The molecule has 2 saturated carbocycles. The van der Waals surface area contributed by atoms with Crippen molar-refractivity contribution in [3.05, 3.63) is 0 Å². The Morgan fingerprint density at radius 2 is 1.74 bits per heavy atom. The fourth-order valence-electron chi connectivity index (χ4n) is 5.84. The van der Waals surface area contributed by atoms with Gasteiger partial charge in [0.25, 0.3) is 0 Å². The van der Waals surface area contributed by atoms with Crippen molar-refractivity contribution in [2.45, 2.75) is 83.3 Å². The van der Waals surface area contributed by atoms with Gasteiger partial charge in [-0.15, -0.1) is 0 Å². The van der Waals surface area contributed by atoms with Crippen molar-refractivity contribution >= 4 is 12.0 Å². The van der Waals surface area contributed by atoms with Crippen molar-refractivity contribution in [1.82, 2.24) is 14.7 Å². The first-order valence-electron chi connectivity index (χ1n) is 11.0. The summed E-state index contributed by atoms with van der Waals surface area (Å²) in [5.41, 5.74) is 0.339. The van der Waals surface area contributed by atoms with Gasteiger partial charge < -0.3 is 19.4 Å². The van der Waals surface area contributed by atoms with Crippen LogP contribution in [0.1, 0.15) is 65.2 Å². The van der Waals surface area contributed by atoms with E-state index in [-0.39, 0.29) is 12.0 Å². The van der Waals surface area contributed by atoms with E-state index in [1.54, 1.807) is 6.92 Å². The van der Waals surface area contributed by atoms with Crippen LogP contribution in [0.25, 0.3) is 0 Å². The molecule has 0 bridgehead atoms. The van der Waals surface area contributed by atoms with Crippen LogP contribution < -0.4 is 0 Å². The van der Waals surface area contributed by atoms with Gasteiger partial charge in [-0.05, 0) is 63.7 Å². The number of rotatable bonds is 4. The highest BCUT2D eigenvalue weighted by atomic mass is 16.6. The molecule has 0 N–H and O–H groups in total. The van der Waals surface area contributed by atoms with Crippen LogP contribution >= 0.6 is 0 Å². The molecular formula is C21H35N3O3. The molecule has 2 aliphatic heterocycles. The van der Waals surface area contributed by atoms with Crippen LogP contribution in [0.15, 0.2) is 0 Å². The Labute approximate surface area is 163 Å². The third-order valence-corrected chi connectivity index (χ3v) is 7.54. The Balaban J connectivity index is 1.24. The second-order valence-electron chi connectivity index (χ2n) is 9.21. The lowest BCUT2D eigenvalue weighted by Crippen LogP contribution is -2.58.